The fourth-order valence-corrected chi connectivity index (χ4v) is 2.28. The van der Waals surface area contributed by atoms with Crippen LogP contribution in [0.2, 0.25) is 5.02 Å². The Kier molecular flexibility index (Phi) is 5.76. The van der Waals surface area contributed by atoms with Gasteiger partial charge in [0.1, 0.15) is 5.56 Å². The number of carbonyl (C=O) groups excluding carboxylic acids is 3. The summed E-state index contributed by atoms with van der Waals surface area (Å²) in [6, 6.07) is 1.35. The molecule has 0 aliphatic heterocycles. The Morgan fingerprint density at radius 1 is 1.05 bits per heavy atom. The minimum absolute atomic E-state index is 0.0150. The maximum absolute atomic E-state index is 12.1. The lowest BCUT2D eigenvalue weighted by molar-refractivity contribution is -0.124. The molecule has 7 nitrogen and oxygen atoms in total. The highest BCUT2D eigenvalue weighted by Gasteiger charge is 2.31. The maximum Gasteiger partial charge on any atom is 0.344 e. The van der Waals surface area contributed by atoms with Crippen LogP contribution in [0.3, 0.4) is 0 Å². The van der Waals surface area contributed by atoms with Crippen LogP contribution in [0.1, 0.15) is 24.2 Å². The number of imide groups is 1. The van der Waals surface area contributed by atoms with Gasteiger partial charge in [-0.25, -0.2) is 9.69 Å². The number of amides is 2. The Labute approximate surface area is 132 Å². The number of benzene rings is 1. The SMILES string of the molecule is COC(=O)c1c(OC)c(OC)cc(Cl)c1N(C(C)=O)C(C)=O. The molecule has 1 aromatic carbocycles. The summed E-state index contributed by atoms with van der Waals surface area (Å²) in [4.78, 5) is 36.4. The van der Waals surface area contributed by atoms with E-state index in [1.807, 2.05) is 0 Å². The average molecular weight is 330 g/mol. The summed E-state index contributed by atoms with van der Waals surface area (Å²) in [6.45, 7) is 2.35. The van der Waals surface area contributed by atoms with E-state index in [-0.39, 0.29) is 27.8 Å². The van der Waals surface area contributed by atoms with E-state index in [2.05, 4.69) is 0 Å². The van der Waals surface area contributed by atoms with Crippen LogP contribution in [0.15, 0.2) is 6.07 Å². The predicted molar refractivity (Wildman–Crippen MR) is 79.7 cm³/mol. The number of hydrogen-bond donors (Lipinski definition) is 0. The molecule has 0 fully saturated rings. The Bertz CT molecular complexity index is 614. The Morgan fingerprint density at radius 2 is 1.59 bits per heavy atom. The fourth-order valence-electron chi connectivity index (χ4n) is 2.00. The standard InChI is InChI=1S/C14H16ClNO6/c1-7(17)16(8(2)18)12-9(15)6-10(20-3)13(21-4)11(12)14(19)22-5/h6H,1-5H3. The van der Waals surface area contributed by atoms with Gasteiger partial charge in [0.05, 0.1) is 32.0 Å². The van der Waals surface area contributed by atoms with E-state index in [1.54, 1.807) is 0 Å². The van der Waals surface area contributed by atoms with Crippen LogP contribution in [-0.4, -0.2) is 39.1 Å². The first-order chi connectivity index (χ1) is 10.3. The first-order valence-corrected chi connectivity index (χ1v) is 6.51. The molecule has 22 heavy (non-hydrogen) atoms. The van der Waals surface area contributed by atoms with Gasteiger partial charge in [-0.1, -0.05) is 11.6 Å². The molecule has 120 valence electrons. The number of nitrogens with zero attached hydrogens (tertiary/aromatic N) is 1. The molecule has 0 saturated carbocycles. The van der Waals surface area contributed by atoms with Gasteiger partial charge in [-0.3, -0.25) is 9.59 Å². The molecular formula is C14H16ClNO6. The van der Waals surface area contributed by atoms with Crippen molar-refractivity contribution in [1.29, 1.82) is 0 Å². The van der Waals surface area contributed by atoms with E-state index < -0.39 is 17.8 Å². The zero-order valence-electron chi connectivity index (χ0n) is 12.9. The van der Waals surface area contributed by atoms with E-state index in [0.29, 0.717) is 0 Å². The van der Waals surface area contributed by atoms with Gasteiger partial charge in [-0.05, 0) is 0 Å². The van der Waals surface area contributed by atoms with Gasteiger partial charge in [-0.15, -0.1) is 0 Å². The lowest BCUT2D eigenvalue weighted by Gasteiger charge is -2.23. The van der Waals surface area contributed by atoms with E-state index in [4.69, 9.17) is 25.8 Å². The van der Waals surface area contributed by atoms with Gasteiger partial charge in [0, 0.05) is 19.9 Å². The van der Waals surface area contributed by atoms with Crippen LogP contribution in [0.4, 0.5) is 5.69 Å². The number of rotatable bonds is 4. The average Bonchev–Trinajstić information content (AvgIpc) is 2.46. The Morgan fingerprint density at radius 3 is 1.95 bits per heavy atom. The van der Waals surface area contributed by atoms with E-state index in [0.717, 1.165) is 12.0 Å². The van der Waals surface area contributed by atoms with Crippen molar-refractivity contribution in [3.63, 3.8) is 0 Å². The second-order valence-corrected chi connectivity index (χ2v) is 4.59. The normalized spacial score (nSPS) is 9.91. The second kappa shape index (κ2) is 7.13. The summed E-state index contributed by atoms with van der Waals surface area (Å²) in [5.41, 5.74) is -0.272. The lowest BCUT2D eigenvalue weighted by atomic mass is 10.1. The predicted octanol–water partition coefficient (Wildman–Crippen LogP) is 2.04. The monoisotopic (exact) mass is 329 g/mol. The summed E-state index contributed by atoms with van der Waals surface area (Å²) in [5.74, 6) is -1.84. The molecule has 0 saturated heterocycles. The molecule has 8 heteroatoms. The van der Waals surface area contributed by atoms with E-state index in [9.17, 15) is 14.4 Å². The Hall–Kier alpha value is -2.28. The summed E-state index contributed by atoms with van der Waals surface area (Å²) < 4.78 is 15.0. The highest BCUT2D eigenvalue weighted by molar-refractivity contribution is 6.36. The Balaban J connectivity index is 3.86. The van der Waals surface area contributed by atoms with Crippen LogP contribution >= 0.6 is 11.6 Å². The lowest BCUT2D eigenvalue weighted by Crippen LogP contribution is -2.35. The number of esters is 1. The molecule has 0 aliphatic carbocycles. The molecule has 0 N–H and O–H groups in total. The molecule has 0 aliphatic rings. The molecule has 0 radical (unpaired) electrons. The molecule has 0 heterocycles. The third-order valence-electron chi connectivity index (χ3n) is 2.84. The van der Waals surface area contributed by atoms with Crippen LogP contribution in [0.5, 0.6) is 11.5 Å². The third-order valence-corrected chi connectivity index (χ3v) is 3.13. The van der Waals surface area contributed by atoms with Gasteiger partial charge in [-0.2, -0.15) is 0 Å². The number of carbonyl (C=O) groups is 3. The molecule has 2 amide bonds. The zero-order valence-corrected chi connectivity index (χ0v) is 13.6. The van der Waals surface area contributed by atoms with Gasteiger partial charge in [0.25, 0.3) is 0 Å². The molecule has 0 atom stereocenters. The van der Waals surface area contributed by atoms with Crippen LogP contribution < -0.4 is 14.4 Å². The summed E-state index contributed by atoms with van der Waals surface area (Å²) in [7, 11) is 3.83. The largest absolute Gasteiger partial charge is 0.493 e. The third kappa shape index (κ3) is 3.14. The quantitative estimate of drug-likeness (QED) is 0.786. The number of halogens is 1. The van der Waals surface area contributed by atoms with Crippen molar-refractivity contribution in [3.05, 3.63) is 16.7 Å². The molecule has 0 spiro atoms. The van der Waals surface area contributed by atoms with Crippen LogP contribution in [0, 0.1) is 0 Å². The first kappa shape index (κ1) is 17.8. The van der Waals surface area contributed by atoms with Crippen LogP contribution in [0.25, 0.3) is 0 Å². The van der Waals surface area contributed by atoms with Crippen molar-refractivity contribution in [1.82, 2.24) is 0 Å². The maximum atomic E-state index is 12.1. The molecular weight excluding hydrogens is 314 g/mol. The first-order valence-electron chi connectivity index (χ1n) is 6.14. The molecule has 1 rings (SSSR count). The number of anilines is 1. The minimum atomic E-state index is -0.819. The van der Waals surface area contributed by atoms with Crippen molar-refractivity contribution < 1.29 is 28.6 Å². The number of hydrogen-bond acceptors (Lipinski definition) is 6. The highest BCUT2D eigenvalue weighted by atomic mass is 35.5. The number of ether oxygens (including phenoxy) is 3. The summed E-state index contributed by atoms with van der Waals surface area (Å²) >= 11 is 6.14. The zero-order chi connectivity index (χ0) is 17.0. The van der Waals surface area contributed by atoms with Crippen LogP contribution in [-0.2, 0) is 14.3 Å². The smallest absolute Gasteiger partial charge is 0.344 e. The highest BCUT2D eigenvalue weighted by Crippen LogP contribution is 2.43. The van der Waals surface area contributed by atoms with Crippen molar-refractivity contribution in [2.24, 2.45) is 0 Å². The summed E-state index contributed by atoms with van der Waals surface area (Å²) in [5, 5.41) is -0.0246. The van der Waals surface area contributed by atoms with Gasteiger partial charge >= 0.3 is 5.97 Å². The molecule has 1 aromatic rings. The van der Waals surface area contributed by atoms with Crippen molar-refractivity contribution in [3.8, 4) is 11.5 Å². The van der Waals surface area contributed by atoms with Gasteiger partial charge in [0.2, 0.25) is 11.8 Å². The second-order valence-electron chi connectivity index (χ2n) is 4.18. The van der Waals surface area contributed by atoms with Gasteiger partial charge < -0.3 is 14.2 Å². The van der Waals surface area contributed by atoms with Gasteiger partial charge in [0.15, 0.2) is 11.5 Å². The minimum Gasteiger partial charge on any atom is -0.493 e. The van der Waals surface area contributed by atoms with E-state index in [1.165, 1.54) is 34.1 Å². The summed E-state index contributed by atoms with van der Waals surface area (Å²) in [6.07, 6.45) is 0. The van der Waals surface area contributed by atoms with Crippen molar-refractivity contribution in [2.75, 3.05) is 26.2 Å². The van der Waals surface area contributed by atoms with Crippen molar-refractivity contribution >= 4 is 35.1 Å². The number of methoxy groups -OCH3 is 3. The topological polar surface area (TPSA) is 82.1 Å². The molecule has 0 bridgehead atoms. The van der Waals surface area contributed by atoms with Crippen molar-refractivity contribution in [2.45, 2.75) is 13.8 Å². The fraction of sp³-hybridized carbons (Fsp3) is 0.357. The van der Waals surface area contributed by atoms with E-state index >= 15 is 0 Å². The molecule has 0 aromatic heterocycles. The molecule has 0 unspecified atom stereocenters.